The SMILES string of the molecule is CC(C)NC[C@H](O)COc1ccccc1[C@H]1C[C@@H]2CC[C@H]1C2. The van der Waals surface area contributed by atoms with Crippen LogP contribution in [0.25, 0.3) is 0 Å². The highest BCUT2D eigenvalue weighted by molar-refractivity contribution is 5.38. The van der Waals surface area contributed by atoms with Gasteiger partial charge in [0, 0.05) is 12.6 Å². The van der Waals surface area contributed by atoms with Gasteiger partial charge in [0.25, 0.3) is 0 Å². The van der Waals surface area contributed by atoms with Gasteiger partial charge in [-0.1, -0.05) is 38.5 Å². The van der Waals surface area contributed by atoms with E-state index in [-0.39, 0.29) is 0 Å². The summed E-state index contributed by atoms with van der Waals surface area (Å²) in [6.45, 7) is 5.10. The average Bonchev–Trinajstić information content (AvgIpc) is 3.14. The molecule has 2 saturated carbocycles. The van der Waals surface area contributed by atoms with Crippen LogP contribution in [-0.4, -0.2) is 30.4 Å². The van der Waals surface area contributed by atoms with E-state index in [4.69, 9.17) is 4.74 Å². The number of para-hydroxylation sites is 1. The lowest BCUT2D eigenvalue weighted by Crippen LogP contribution is -2.35. The van der Waals surface area contributed by atoms with Crippen molar-refractivity contribution >= 4 is 0 Å². The summed E-state index contributed by atoms with van der Waals surface area (Å²) in [5.74, 6) is 3.43. The third-order valence-electron chi connectivity index (χ3n) is 5.25. The third-order valence-corrected chi connectivity index (χ3v) is 5.25. The fraction of sp³-hybridized carbons (Fsp3) is 0.684. The van der Waals surface area contributed by atoms with Gasteiger partial charge in [0.15, 0.2) is 0 Å². The molecule has 2 aliphatic rings. The van der Waals surface area contributed by atoms with Crippen LogP contribution in [-0.2, 0) is 0 Å². The molecule has 0 unspecified atom stereocenters. The van der Waals surface area contributed by atoms with Gasteiger partial charge in [0.1, 0.15) is 18.5 Å². The number of benzene rings is 1. The minimum Gasteiger partial charge on any atom is -0.491 e. The topological polar surface area (TPSA) is 41.5 Å². The maximum Gasteiger partial charge on any atom is 0.122 e. The van der Waals surface area contributed by atoms with Crippen molar-refractivity contribution in [3.63, 3.8) is 0 Å². The zero-order chi connectivity index (χ0) is 15.5. The Bertz CT molecular complexity index is 488. The normalized spacial score (nSPS) is 28.3. The van der Waals surface area contributed by atoms with Gasteiger partial charge in [0.2, 0.25) is 0 Å². The van der Waals surface area contributed by atoms with Crippen LogP contribution in [0.1, 0.15) is 51.0 Å². The Hall–Kier alpha value is -1.06. The van der Waals surface area contributed by atoms with Gasteiger partial charge in [-0.3, -0.25) is 0 Å². The minimum atomic E-state index is -0.463. The summed E-state index contributed by atoms with van der Waals surface area (Å²) in [6.07, 6.45) is 5.06. The fourth-order valence-corrected chi connectivity index (χ4v) is 4.16. The van der Waals surface area contributed by atoms with Gasteiger partial charge in [-0.2, -0.15) is 0 Å². The highest BCUT2D eigenvalue weighted by Crippen LogP contribution is 2.54. The molecule has 1 aromatic rings. The van der Waals surface area contributed by atoms with Crippen LogP contribution in [0.4, 0.5) is 0 Å². The van der Waals surface area contributed by atoms with Gasteiger partial charge in [-0.05, 0) is 48.6 Å². The first-order valence-corrected chi connectivity index (χ1v) is 8.76. The Labute approximate surface area is 134 Å². The fourth-order valence-electron chi connectivity index (χ4n) is 4.16. The highest BCUT2D eigenvalue weighted by Gasteiger charge is 2.41. The van der Waals surface area contributed by atoms with E-state index >= 15 is 0 Å². The number of nitrogens with one attached hydrogen (secondary N) is 1. The zero-order valence-electron chi connectivity index (χ0n) is 13.8. The van der Waals surface area contributed by atoms with Crippen LogP contribution in [0.5, 0.6) is 5.75 Å². The molecule has 0 saturated heterocycles. The maximum atomic E-state index is 10.0. The molecule has 3 nitrogen and oxygen atoms in total. The third kappa shape index (κ3) is 3.64. The average molecular weight is 303 g/mol. The van der Waals surface area contributed by atoms with E-state index in [0.717, 1.165) is 17.6 Å². The van der Waals surface area contributed by atoms with Gasteiger partial charge in [-0.25, -0.2) is 0 Å². The van der Waals surface area contributed by atoms with Crippen molar-refractivity contribution in [3.8, 4) is 5.75 Å². The second-order valence-electron chi connectivity index (χ2n) is 7.35. The zero-order valence-corrected chi connectivity index (χ0v) is 13.8. The van der Waals surface area contributed by atoms with Crippen molar-refractivity contribution in [2.75, 3.05) is 13.2 Å². The molecule has 0 aromatic heterocycles. The van der Waals surface area contributed by atoms with Gasteiger partial charge in [-0.15, -0.1) is 0 Å². The van der Waals surface area contributed by atoms with Crippen molar-refractivity contribution < 1.29 is 9.84 Å². The van der Waals surface area contributed by atoms with Crippen molar-refractivity contribution in [1.82, 2.24) is 5.32 Å². The summed E-state index contributed by atoms with van der Waals surface area (Å²) >= 11 is 0. The second kappa shape index (κ2) is 7.01. The minimum absolute atomic E-state index is 0.359. The molecular formula is C19H29NO2. The first kappa shape index (κ1) is 15.8. The molecule has 122 valence electrons. The summed E-state index contributed by atoms with van der Waals surface area (Å²) in [7, 11) is 0. The molecule has 2 fully saturated rings. The van der Waals surface area contributed by atoms with Crippen LogP contribution in [0.3, 0.4) is 0 Å². The van der Waals surface area contributed by atoms with Gasteiger partial charge < -0.3 is 15.2 Å². The first-order valence-electron chi connectivity index (χ1n) is 8.76. The molecule has 0 amide bonds. The molecule has 4 atom stereocenters. The summed E-state index contributed by atoms with van der Waals surface area (Å²) in [4.78, 5) is 0. The molecule has 1 aromatic carbocycles. The lowest BCUT2D eigenvalue weighted by atomic mass is 9.83. The number of rotatable bonds is 7. The molecule has 0 aliphatic heterocycles. The summed E-state index contributed by atoms with van der Waals surface area (Å²) in [5, 5.41) is 13.3. The van der Waals surface area contributed by atoms with Crippen LogP contribution < -0.4 is 10.1 Å². The van der Waals surface area contributed by atoms with E-state index in [1.54, 1.807) is 0 Å². The van der Waals surface area contributed by atoms with Gasteiger partial charge in [0.05, 0.1) is 0 Å². The number of hydrogen-bond donors (Lipinski definition) is 2. The van der Waals surface area contributed by atoms with Crippen molar-refractivity contribution in [1.29, 1.82) is 0 Å². The van der Waals surface area contributed by atoms with Gasteiger partial charge >= 0.3 is 0 Å². The lowest BCUT2D eigenvalue weighted by Gasteiger charge is -2.25. The van der Waals surface area contributed by atoms with Crippen molar-refractivity contribution in [3.05, 3.63) is 29.8 Å². The van der Waals surface area contributed by atoms with Crippen LogP contribution in [0.15, 0.2) is 24.3 Å². The molecule has 2 aliphatic carbocycles. The molecule has 3 rings (SSSR count). The molecule has 2 N–H and O–H groups in total. The molecule has 22 heavy (non-hydrogen) atoms. The van der Waals surface area contributed by atoms with Crippen LogP contribution >= 0.6 is 0 Å². The summed E-state index contributed by atoms with van der Waals surface area (Å²) < 4.78 is 5.96. The molecular weight excluding hydrogens is 274 g/mol. The predicted octanol–water partition coefficient (Wildman–Crippen LogP) is 3.33. The van der Waals surface area contributed by atoms with Crippen LogP contribution in [0, 0.1) is 11.8 Å². The largest absolute Gasteiger partial charge is 0.491 e. The van der Waals surface area contributed by atoms with E-state index in [2.05, 4.69) is 37.4 Å². The Morgan fingerprint density at radius 1 is 1.23 bits per heavy atom. The van der Waals surface area contributed by atoms with Crippen LogP contribution in [0.2, 0.25) is 0 Å². The Morgan fingerprint density at radius 2 is 2.05 bits per heavy atom. The summed E-state index contributed by atoms with van der Waals surface area (Å²) in [5.41, 5.74) is 1.36. The van der Waals surface area contributed by atoms with E-state index in [0.29, 0.717) is 25.1 Å². The molecule has 0 heterocycles. The molecule has 0 radical (unpaired) electrons. The molecule has 0 spiro atoms. The van der Waals surface area contributed by atoms with Crippen molar-refractivity contribution in [2.24, 2.45) is 11.8 Å². The molecule has 2 bridgehead atoms. The molecule has 3 heteroatoms. The number of ether oxygens (including phenoxy) is 1. The Kier molecular flexibility index (Phi) is 5.04. The van der Waals surface area contributed by atoms with E-state index in [1.165, 1.54) is 31.2 Å². The van der Waals surface area contributed by atoms with E-state index in [1.807, 2.05) is 6.07 Å². The quantitative estimate of drug-likeness (QED) is 0.812. The standard InChI is InChI=1S/C19H29NO2/c1-13(2)20-11-16(21)12-22-19-6-4-3-5-17(19)18-10-14-7-8-15(18)9-14/h3-6,13-16,18,20-21H,7-12H2,1-2H3/t14-,15+,16+,18+/m1/s1. The van der Waals surface area contributed by atoms with E-state index in [9.17, 15) is 5.11 Å². The Morgan fingerprint density at radius 3 is 2.73 bits per heavy atom. The van der Waals surface area contributed by atoms with Crippen molar-refractivity contribution in [2.45, 2.75) is 57.6 Å². The monoisotopic (exact) mass is 303 g/mol. The lowest BCUT2D eigenvalue weighted by molar-refractivity contribution is 0.103. The smallest absolute Gasteiger partial charge is 0.122 e. The number of fused-ring (bicyclic) bond motifs is 2. The Balaban J connectivity index is 1.60. The van der Waals surface area contributed by atoms with E-state index < -0.39 is 6.10 Å². The predicted molar refractivity (Wildman–Crippen MR) is 89.3 cm³/mol. The first-order chi connectivity index (χ1) is 10.6. The number of aliphatic hydroxyl groups excluding tert-OH is 1. The number of hydrogen-bond acceptors (Lipinski definition) is 3. The second-order valence-corrected chi connectivity index (χ2v) is 7.35. The number of aliphatic hydroxyl groups is 1. The maximum absolute atomic E-state index is 10.0. The summed E-state index contributed by atoms with van der Waals surface area (Å²) in [6, 6.07) is 8.81. The highest BCUT2D eigenvalue weighted by atomic mass is 16.5.